The van der Waals surface area contributed by atoms with E-state index >= 15 is 0 Å². The van der Waals surface area contributed by atoms with Crippen molar-refractivity contribution in [3.05, 3.63) is 139 Å². The van der Waals surface area contributed by atoms with Gasteiger partial charge in [-0.2, -0.15) is 0 Å². The van der Waals surface area contributed by atoms with Crippen molar-refractivity contribution in [2.45, 2.75) is 6.42 Å². The summed E-state index contributed by atoms with van der Waals surface area (Å²) in [7, 11) is 0. The molecule has 1 aliphatic rings. The molecule has 0 fully saturated rings. The normalized spacial score (nSPS) is 13.2. The average molecular weight is 529 g/mol. The molecule has 3 heterocycles. The Hall–Kier alpha value is -4.86. The third-order valence-corrected chi connectivity index (χ3v) is 9.53. The number of fused-ring (bicyclic) bond motifs is 9. The third-order valence-electron chi connectivity index (χ3n) is 8.38. The minimum atomic E-state index is 0.946. The summed E-state index contributed by atoms with van der Waals surface area (Å²) in [6, 6.07) is 40.2. The summed E-state index contributed by atoms with van der Waals surface area (Å²) in [6.07, 6.45) is 9.78. The number of hydrogen-bond donors (Lipinski definition) is 0. The van der Waals surface area contributed by atoms with Gasteiger partial charge in [-0.25, -0.2) is 0 Å². The van der Waals surface area contributed by atoms with Crippen molar-refractivity contribution in [2.24, 2.45) is 0 Å². The van der Waals surface area contributed by atoms with E-state index in [-0.39, 0.29) is 0 Å². The number of allylic oxidation sites excluding steroid dienone is 3. The fourth-order valence-corrected chi connectivity index (χ4v) is 7.70. The van der Waals surface area contributed by atoms with Crippen molar-refractivity contribution < 1.29 is 0 Å². The Bertz CT molecular complexity index is 2300. The molecule has 0 aliphatic heterocycles. The number of aromatic nitrogens is 2. The van der Waals surface area contributed by atoms with Gasteiger partial charge in [0.05, 0.1) is 22.2 Å². The summed E-state index contributed by atoms with van der Waals surface area (Å²) in [5.74, 6) is 0. The molecule has 5 aromatic carbocycles. The molecule has 0 atom stereocenters. The Balaban J connectivity index is 1.30. The Morgan fingerprint density at radius 1 is 0.500 bits per heavy atom. The molecule has 0 unspecified atom stereocenters. The highest BCUT2D eigenvalue weighted by molar-refractivity contribution is 7.25. The van der Waals surface area contributed by atoms with Gasteiger partial charge in [0, 0.05) is 47.7 Å². The fraction of sp³-hybridized carbons (Fsp3) is 0.0270. The minimum absolute atomic E-state index is 0.946. The largest absolute Gasteiger partial charge is 0.310 e. The fourth-order valence-electron chi connectivity index (χ4n) is 6.64. The van der Waals surface area contributed by atoms with Crippen LogP contribution in [0.3, 0.4) is 0 Å². The first-order valence-corrected chi connectivity index (χ1v) is 14.6. The first-order valence-electron chi connectivity index (χ1n) is 13.8. The van der Waals surface area contributed by atoms with Crippen LogP contribution in [-0.4, -0.2) is 9.13 Å². The van der Waals surface area contributed by atoms with E-state index in [1.54, 1.807) is 0 Å². The molecule has 188 valence electrons. The summed E-state index contributed by atoms with van der Waals surface area (Å²) in [6.45, 7) is 0. The first-order chi connectivity index (χ1) is 19.8. The second-order valence-electron chi connectivity index (χ2n) is 10.5. The van der Waals surface area contributed by atoms with E-state index in [0.29, 0.717) is 0 Å². The van der Waals surface area contributed by atoms with Crippen LogP contribution in [0.1, 0.15) is 11.3 Å². The lowest BCUT2D eigenvalue weighted by Gasteiger charge is -2.10. The molecule has 0 saturated heterocycles. The van der Waals surface area contributed by atoms with Gasteiger partial charge in [0.15, 0.2) is 0 Å². The summed E-state index contributed by atoms with van der Waals surface area (Å²) >= 11 is 1.87. The highest BCUT2D eigenvalue weighted by atomic mass is 32.1. The standard InChI is InChI=1S/C37H24N2S/c1-2-10-26-27-11-4-7-15-33(27)38(32(26)14-3-1)24-18-20-36-30(22-24)31-23-25(19-21-37(31)40-36)39-34-16-8-5-12-28(34)29-13-6-9-17-35(29)39/h1-9,11-23H,10H2. The molecule has 0 bridgehead atoms. The first kappa shape index (κ1) is 22.0. The Labute approximate surface area is 235 Å². The van der Waals surface area contributed by atoms with Gasteiger partial charge in [0.2, 0.25) is 0 Å². The molecule has 2 nitrogen and oxygen atoms in total. The number of thiophene rings is 1. The van der Waals surface area contributed by atoms with Crippen LogP contribution in [0.4, 0.5) is 0 Å². The summed E-state index contributed by atoms with van der Waals surface area (Å²) in [5.41, 5.74) is 8.82. The molecule has 0 N–H and O–H groups in total. The number of rotatable bonds is 2. The number of nitrogens with zero attached hydrogens (tertiary/aromatic N) is 2. The van der Waals surface area contributed by atoms with Gasteiger partial charge in [-0.1, -0.05) is 72.8 Å². The monoisotopic (exact) mass is 528 g/mol. The lowest BCUT2D eigenvalue weighted by atomic mass is 10.1. The average Bonchev–Trinajstić information content (AvgIpc) is 3.56. The van der Waals surface area contributed by atoms with Gasteiger partial charge in [-0.3, -0.25) is 0 Å². The molecule has 0 radical (unpaired) electrons. The molecule has 9 rings (SSSR count). The van der Waals surface area contributed by atoms with Gasteiger partial charge in [0.1, 0.15) is 0 Å². The molecule has 0 spiro atoms. The van der Waals surface area contributed by atoms with E-state index in [1.807, 2.05) is 11.3 Å². The number of benzene rings is 5. The second-order valence-corrected chi connectivity index (χ2v) is 11.6. The van der Waals surface area contributed by atoms with Crippen molar-refractivity contribution in [3.63, 3.8) is 0 Å². The zero-order chi connectivity index (χ0) is 26.2. The molecule has 1 aliphatic carbocycles. The van der Waals surface area contributed by atoms with E-state index in [9.17, 15) is 0 Å². The van der Waals surface area contributed by atoms with E-state index in [1.165, 1.54) is 75.5 Å². The smallest absolute Gasteiger partial charge is 0.0541 e. The van der Waals surface area contributed by atoms with Crippen LogP contribution >= 0.6 is 11.3 Å². The van der Waals surface area contributed by atoms with E-state index < -0.39 is 0 Å². The second kappa shape index (κ2) is 8.32. The Morgan fingerprint density at radius 2 is 1.05 bits per heavy atom. The van der Waals surface area contributed by atoms with Crippen molar-refractivity contribution in [3.8, 4) is 11.4 Å². The lowest BCUT2D eigenvalue weighted by Crippen LogP contribution is -1.97. The molecule has 0 saturated carbocycles. The van der Waals surface area contributed by atoms with Gasteiger partial charge >= 0.3 is 0 Å². The lowest BCUT2D eigenvalue weighted by molar-refractivity contribution is 1.09. The van der Waals surface area contributed by atoms with Crippen LogP contribution in [0.5, 0.6) is 0 Å². The summed E-state index contributed by atoms with van der Waals surface area (Å²) in [5, 5.41) is 6.53. The van der Waals surface area contributed by atoms with Gasteiger partial charge in [-0.05, 0) is 72.7 Å². The number of hydrogen-bond acceptors (Lipinski definition) is 1. The van der Waals surface area contributed by atoms with Gasteiger partial charge in [0.25, 0.3) is 0 Å². The van der Waals surface area contributed by atoms with Crippen LogP contribution in [0.15, 0.2) is 127 Å². The molecule has 3 heteroatoms. The van der Waals surface area contributed by atoms with Crippen LogP contribution in [-0.2, 0) is 6.42 Å². The van der Waals surface area contributed by atoms with Crippen LogP contribution in [0.2, 0.25) is 0 Å². The Morgan fingerprint density at radius 3 is 1.70 bits per heavy atom. The van der Waals surface area contributed by atoms with Crippen molar-refractivity contribution in [1.29, 1.82) is 0 Å². The zero-order valence-corrected chi connectivity index (χ0v) is 22.5. The van der Waals surface area contributed by atoms with E-state index in [0.717, 1.165) is 6.42 Å². The predicted octanol–water partition coefficient (Wildman–Crippen LogP) is 10.2. The van der Waals surface area contributed by atoms with Crippen molar-refractivity contribution in [1.82, 2.24) is 9.13 Å². The zero-order valence-electron chi connectivity index (χ0n) is 21.7. The Kier molecular flexibility index (Phi) is 4.58. The predicted molar refractivity (Wildman–Crippen MR) is 172 cm³/mol. The minimum Gasteiger partial charge on any atom is -0.310 e. The maximum Gasteiger partial charge on any atom is 0.0541 e. The van der Waals surface area contributed by atoms with E-state index in [4.69, 9.17) is 0 Å². The van der Waals surface area contributed by atoms with Crippen LogP contribution in [0, 0.1) is 0 Å². The SMILES string of the molecule is C1=CCc2c(n(-c3ccc4sc5ccc(-n6c7ccccc7c7ccccc76)cc5c4c3)c3ccccc23)C=C1. The van der Waals surface area contributed by atoms with Crippen LogP contribution in [0.25, 0.3) is 70.3 Å². The van der Waals surface area contributed by atoms with Crippen molar-refractivity contribution >= 4 is 70.3 Å². The molecule has 0 amide bonds. The molecule has 40 heavy (non-hydrogen) atoms. The molecular formula is C37H24N2S. The quantitative estimate of drug-likeness (QED) is 0.211. The summed E-state index contributed by atoms with van der Waals surface area (Å²) in [4.78, 5) is 0. The topological polar surface area (TPSA) is 9.86 Å². The molecule has 8 aromatic rings. The molecular weight excluding hydrogens is 504 g/mol. The number of para-hydroxylation sites is 3. The van der Waals surface area contributed by atoms with Crippen molar-refractivity contribution in [2.75, 3.05) is 0 Å². The maximum absolute atomic E-state index is 2.44. The van der Waals surface area contributed by atoms with Crippen LogP contribution < -0.4 is 0 Å². The summed E-state index contributed by atoms with van der Waals surface area (Å²) < 4.78 is 7.48. The van der Waals surface area contributed by atoms with Gasteiger partial charge < -0.3 is 9.13 Å². The molecule has 3 aromatic heterocycles. The third kappa shape index (κ3) is 3.04. The maximum atomic E-state index is 2.44. The van der Waals surface area contributed by atoms with Gasteiger partial charge in [-0.15, -0.1) is 11.3 Å². The highest BCUT2D eigenvalue weighted by Crippen LogP contribution is 2.40. The van der Waals surface area contributed by atoms with E-state index in [2.05, 4.69) is 143 Å². The highest BCUT2D eigenvalue weighted by Gasteiger charge is 2.18.